The van der Waals surface area contributed by atoms with Crippen molar-refractivity contribution in [3.63, 3.8) is 0 Å². The highest BCUT2D eigenvalue weighted by Crippen LogP contribution is 2.22. The number of nitrogens with one attached hydrogen (secondary N) is 1. The zero-order chi connectivity index (χ0) is 28.7. The van der Waals surface area contributed by atoms with Crippen molar-refractivity contribution in [2.75, 3.05) is 13.1 Å². The lowest BCUT2D eigenvalue weighted by atomic mass is 10.1. The number of nitrogens with zero attached hydrogens (tertiary/aromatic N) is 2. The van der Waals surface area contributed by atoms with Crippen LogP contribution in [0, 0.1) is 5.82 Å². The van der Waals surface area contributed by atoms with E-state index in [2.05, 4.69) is 5.32 Å². The Hall–Kier alpha value is -3.27. The van der Waals surface area contributed by atoms with E-state index in [1.807, 2.05) is 12.1 Å². The number of hydrogen-bond acceptors (Lipinski definition) is 4. The molecule has 1 aliphatic rings. The van der Waals surface area contributed by atoms with E-state index in [0.717, 1.165) is 24.0 Å². The van der Waals surface area contributed by atoms with Crippen LogP contribution in [0.3, 0.4) is 0 Å². The summed E-state index contributed by atoms with van der Waals surface area (Å²) in [6.45, 7) is 3.16. The Balaban J connectivity index is 1.42. The smallest absolute Gasteiger partial charge is 0.243 e. The largest absolute Gasteiger partial charge is 0.350 e. The van der Waals surface area contributed by atoms with Crippen LogP contribution in [-0.2, 0) is 39.1 Å². The highest BCUT2D eigenvalue weighted by Gasteiger charge is 2.28. The van der Waals surface area contributed by atoms with Crippen molar-refractivity contribution in [3.8, 4) is 0 Å². The first-order valence-corrected chi connectivity index (χ1v) is 15.1. The summed E-state index contributed by atoms with van der Waals surface area (Å²) in [5.41, 5.74) is 2.38. The molecule has 10 heteroatoms. The van der Waals surface area contributed by atoms with Crippen LogP contribution < -0.4 is 5.32 Å². The molecule has 0 bridgehead atoms. The summed E-state index contributed by atoms with van der Waals surface area (Å²) in [6.07, 6.45) is 2.23. The molecule has 4 rings (SSSR count). The predicted molar refractivity (Wildman–Crippen MR) is 152 cm³/mol. The molecule has 40 heavy (non-hydrogen) atoms. The average molecular weight is 586 g/mol. The van der Waals surface area contributed by atoms with Gasteiger partial charge in [0.1, 0.15) is 11.9 Å². The van der Waals surface area contributed by atoms with Gasteiger partial charge in [0.2, 0.25) is 21.8 Å². The van der Waals surface area contributed by atoms with Gasteiger partial charge in [0.15, 0.2) is 0 Å². The van der Waals surface area contributed by atoms with Gasteiger partial charge in [-0.15, -0.1) is 0 Å². The fourth-order valence-electron chi connectivity index (χ4n) is 4.61. The van der Waals surface area contributed by atoms with Gasteiger partial charge in [-0.2, -0.15) is 4.31 Å². The first kappa shape index (κ1) is 29.7. The van der Waals surface area contributed by atoms with Gasteiger partial charge < -0.3 is 10.2 Å². The van der Waals surface area contributed by atoms with Crippen LogP contribution in [0.4, 0.5) is 4.39 Å². The molecule has 1 aliphatic heterocycles. The van der Waals surface area contributed by atoms with Gasteiger partial charge in [-0.3, -0.25) is 9.59 Å². The topological polar surface area (TPSA) is 86.8 Å². The second-order valence-electron chi connectivity index (χ2n) is 9.92. The summed E-state index contributed by atoms with van der Waals surface area (Å²) in [6, 6.07) is 18.8. The maximum Gasteiger partial charge on any atom is 0.243 e. The zero-order valence-electron chi connectivity index (χ0n) is 22.4. The van der Waals surface area contributed by atoms with Crippen molar-refractivity contribution in [2.24, 2.45) is 0 Å². The molecule has 2 amide bonds. The fourth-order valence-corrected chi connectivity index (χ4v) is 6.25. The normalized spacial score (nSPS) is 14.6. The number of aryl methyl sites for hydroxylation is 1. The van der Waals surface area contributed by atoms with Crippen molar-refractivity contribution in [1.29, 1.82) is 0 Å². The molecule has 1 atom stereocenters. The van der Waals surface area contributed by atoms with E-state index in [1.165, 1.54) is 21.3 Å². The van der Waals surface area contributed by atoms with Crippen molar-refractivity contribution in [1.82, 2.24) is 14.5 Å². The highest BCUT2D eigenvalue weighted by atomic mass is 35.5. The lowest BCUT2D eigenvalue weighted by Gasteiger charge is -2.29. The SMILES string of the molecule is C[C@H](C(=O)NCc1ccc(Cl)cc1)N(Cc1ccc(F)cc1)C(=O)CCc1ccc(S(=O)(=O)N2CCCC2)cc1. The minimum Gasteiger partial charge on any atom is -0.350 e. The third-order valence-corrected chi connectivity index (χ3v) is 9.23. The summed E-state index contributed by atoms with van der Waals surface area (Å²) < 4.78 is 40.5. The van der Waals surface area contributed by atoms with E-state index in [0.29, 0.717) is 30.1 Å². The molecule has 3 aromatic carbocycles. The second-order valence-corrected chi connectivity index (χ2v) is 12.3. The summed E-state index contributed by atoms with van der Waals surface area (Å²) in [5, 5.41) is 3.47. The van der Waals surface area contributed by atoms with Crippen molar-refractivity contribution < 1.29 is 22.4 Å². The van der Waals surface area contributed by atoms with E-state index in [1.54, 1.807) is 55.5 Å². The van der Waals surface area contributed by atoms with E-state index in [-0.39, 0.29) is 42.0 Å². The van der Waals surface area contributed by atoms with Crippen LogP contribution in [0.2, 0.25) is 5.02 Å². The quantitative estimate of drug-likeness (QED) is 0.346. The van der Waals surface area contributed by atoms with Crippen LogP contribution in [0.25, 0.3) is 0 Å². The minimum atomic E-state index is -3.51. The lowest BCUT2D eigenvalue weighted by Crippen LogP contribution is -2.47. The van der Waals surface area contributed by atoms with Crippen LogP contribution in [0.1, 0.15) is 42.9 Å². The molecule has 0 saturated carbocycles. The number of carbonyl (C=O) groups is 2. The monoisotopic (exact) mass is 585 g/mol. The average Bonchev–Trinajstić information content (AvgIpc) is 3.51. The van der Waals surface area contributed by atoms with E-state index in [9.17, 15) is 22.4 Å². The van der Waals surface area contributed by atoms with Gasteiger partial charge >= 0.3 is 0 Å². The van der Waals surface area contributed by atoms with Crippen LogP contribution >= 0.6 is 11.6 Å². The van der Waals surface area contributed by atoms with Gasteiger partial charge in [-0.05, 0) is 79.3 Å². The number of halogens is 2. The molecule has 0 unspecified atom stereocenters. The Bertz CT molecular complexity index is 1410. The molecular formula is C30H33ClFN3O4S. The number of carbonyl (C=O) groups excluding carboxylic acids is 2. The molecule has 1 fully saturated rings. The summed E-state index contributed by atoms with van der Waals surface area (Å²) >= 11 is 5.93. The van der Waals surface area contributed by atoms with Crippen molar-refractivity contribution >= 4 is 33.4 Å². The van der Waals surface area contributed by atoms with Crippen LogP contribution in [0.5, 0.6) is 0 Å². The standard InChI is InChI=1S/C30H33ClFN3O4S/c1-22(30(37)33-20-24-4-11-26(31)12-5-24)35(21-25-6-13-27(32)14-7-25)29(36)17-10-23-8-15-28(16-9-23)40(38,39)34-18-2-3-19-34/h4-9,11-16,22H,2-3,10,17-21H2,1H3,(H,33,37)/t22-/m1/s1. The number of amides is 2. The molecule has 0 aromatic heterocycles. The van der Waals surface area contributed by atoms with Crippen molar-refractivity contribution in [3.05, 3.63) is 100 Å². The van der Waals surface area contributed by atoms with Gasteiger partial charge in [0.05, 0.1) is 4.90 Å². The fraction of sp³-hybridized carbons (Fsp3) is 0.333. The lowest BCUT2D eigenvalue weighted by molar-refractivity contribution is -0.140. The van der Waals surface area contributed by atoms with E-state index < -0.39 is 16.1 Å². The summed E-state index contributed by atoms with van der Waals surface area (Å²) in [4.78, 5) is 28.2. The predicted octanol–water partition coefficient (Wildman–Crippen LogP) is 4.93. The zero-order valence-corrected chi connectivity index (χ0v) is 23.9. The molecule has 0 spiro atoms. The molecule has 1 saturated heterocycles. The minimum absolute atomic E-state index is 0.119. The molecule has 3 aromatic rings. The maximum atomic E-state index is 13.5. The molecule has 1 N–H and O–H groups in total. The Morgan fingerprint density at radius 3 is 2.12 bits per heavy atom. The Morgan fingerprint density at radius 2 is 1.50 bits per heavy atom. The Morgan fingerprint density at radius 1 is 0.925 bits per heavy atom. The summed E-state index contributed by atoms with van der Waals surface area (Å²) in [5.74, 6) is -0.945. The first-order chi connectivity index (χ1) is 19.1. The molecule has 7 nitrogen and oxygen atoms in total. The van der Waals surface area contributed by atoms with E-state index in [4.69, 9.17) is 11.6 Å². The number of benzene rings is 3. The third-order valence-electron chi connectivity index (χ3n) is 7.07. The number of hydrogen-bond donors (Lipinski definition) is 1. The highest BCUT2D eigenvalue weighted by molar-refractivity contribution is 7.89. The van der Waals surface area contributed by atoms with Gasteiger partial charge in [0.25, 0.3) is 0 Å². The first-order valence-electron chi connectivity index (χ1n) is 13.3. The van der Waals surface area contributed by atoms with Crippen LogP contribution in [-0.4, -0.2) is 48.6 Å². The molecular weight excluding hydrogens is 553 g/mol. The molecule has 0 aliphatic carbocycles. The summed E-state index contributed by atoms with van der Waals surface area (Å²) in [7, 11) is -3.51. The van der Waals surface area contributed by atoms with Crippen LogP contribution in [0.15, 0.2) is 77.7 Å². The third kappa shape index (κ3) is 7.68. The molecule has 212 valence electrons. The number of rotatable bonds is 11. The van der Waals surface area contributed by atoms with Crippen molar-refractivity contribution in [2.45, 2.75) is 56.6 Å². The second kappa shape index (κ2) is 13.4. The molecule has 0 radical (unpaired) electrons. The van der Waals surface area contributed by atoms with Gasteiger partial charge in [-0.1, -0.05) is 48.0 Å². The Kier molecular flexibility index (Phi) is 9.95. The van der Waals surface area contributed by atoms with Gasteiger partial charge in [-0.25, -0.2) is 12.8 Å². The number of sulfonamides is 1. The Labute approximate surface area is 240 Å². The maximum absolute atomic E-state index is 13.5. The molecule has 1 heterocycles. The van der Waals surface area contributed by atoms with Gasteiger partial charge in [0, 0.05) is 37.6 Å². The van der Waals surface area contributed by atoms with E-state index >= 15 is 0 Å².